The SMILES string of the molecule is CC(C)CNC(=O)C(C)Nc1nc(Cl)ncc1Br. The van der Waals surface area contributed by atoms with Crippen molar-refractivity contribution >= 4 is 39.3 Å². The van der Waals surface area contributed by atoms with Crippen LogP contribution in [0.2, 0.25) is 5.28 Å². The van der Waals surface area contributed by atoms with Crippen LogP contribution in [0.4, 0.5) is 5.82 Å². The Labute approximate surface area is 120 Å². The number of hydrogen-bond acceptors (Lipinski definition) is 4. The summed E-state index contributed by atoms with van der Waals surface area (Å²) in [6.45, 7) is 6.49. The number of nitrogens with zero attached hydrogens (tertiary/aromatic N) is 2. The molecule has 0 spiro atoms. The van der Waals surface area contributed by atoms with Gasteiger partial charge in [0.25, 0.3) is 0 Å². The van der Waals surface area contributed by atoms with Crippen LogP contribution in [0.1, 0.15) is 20.8 Å². The molecule has 100 valence electrons. The monoisotopic (exact) mass is 334 g/mol. The summed E-state index contributed by atoms with van der Waals surface area (Å²) in [4.78, 5) is 19.6. The van der Waals surface area contributed by atoms with Crippen LogP contribution in [-0.2, 0) is 4.79 Å². The average Bonchev–Trinajstić information content (AvgIpc) is 2.30. The lowest BCUT2D eigenvalue weighted by Crippen LogP contribution is -2.39. The first-order valence-electron chi connectivity index (χ1n) is 5.62. The van der Waals surface area contributed by atoms with Crippen LogP contribution in [0.5, 0.6) is 0 Å². The number of hydrogen-bond donors (Lipinski definition) is 2. The van der Waals surface area contributed by atoms with Crippen molar-refractivity contribution in [1.29, 1.82) is 0 Å². The maximum absolute atomic E-state index is 11.8. The quantitative estimate of drug-likeness (QED) is 0.811. The van der Waals surface area contributed by atoms with Gasteiger partial charge in [-0.25, -0.2) is 4.98 Å². The summed E-state index contributed by atoms with van der Waals surface area (Å²) in [5.74, 6) is 0.842. The molecule has 0 aliphatic carbocycles. The number of carbonyl (C=O) groups is 1. The fourth-order valence-electron chi connectivity index (χ4n) is 1.18. The predicted octanol–water partition coefficient (Wildman–Crippen LogP) is 2.47. The molecule has 7 heteroatoms. The Kier molecular flexibility index (Phi) is 5.81. The van der Waals surface area contributed by atoms with E-state index in [9.17, 15) is 4.79 Å². The van der Waals surface area contributed by atoms with E-state index in [-0.39, 0.29) is 11.2 Å². The molecule has 0 radical (unpaired) electrons. The number of rotatable bonds is 5. The molecule has 0 bridgehead atoms. The van der Waals surface area contributed by atoms with Gasteiger partial charge >= 0.3 is 0 Å². The van der Waals surface area contributed by atoms with Crippen LogP contribution in [0.3, 0.4) is 0 Å². The zero-order valence-electron chi connectivity index (χ0n) is 10.5. The summed E-state index contributed by atoms with van der Waals surface area (Å²) < 4.78 is 0.662. The summed E-state index contributed by atoms with van der Waals surface area (Å²) in [7, 11) is 0. The first-order valence-corrected chi connectivity index (χ1v) is 6.79. The Balaban J connectivity index is 2.60. The third kappa shape index (κ3) is 4.78. The molecule has 1 unspecified atom stereocenters. The van der Waals surface area contributed by atoms with E-state index in [4.69, 9.17) is 11.6 Å². The van der Waals surface area contributed by atoms with Crippen molar-refractivity contribution in [1.82, 2.24) is 15.3 Å². The van der Waals surface area contributed by atoms with Gasteiger partial charge in [-0.3, -0.25) is 4.79 Å². The van der Waals surface area contributed by atoms with Gasteiger partial charge in [-0.2, -0.15) is 4.98 Å². The van der Waals surface area contributed by atoms with Crippen molar-refractivity contribution in [2.45, 2.75) is 26.8 Å². The largest absolute Gasteiger partial charge is 0.358 e. The predicted molar refractivity (Wildman–Crippen MR) is 75.7 cm³/mol. The standard InChI is InChI=1S/C11H16BrClN4O/c1-6(2)4-14-10(18)7(3)16-9-8(12)5-15-11(13)17-9/h5-7H,4H2,1-3H3,(H,14,18)(H,15,16,17). The molecule has 0 saturated carbocycles. The van der Waals surface area contributed by atoms with Gasteiger partial charge in [0.2, 0.25) is 11.2 Å². The summed E-state index contributed by atoms with van der Waals surface area (Å²) in [5.41, 5.74) is 0. The number of carbonyl (C=O) groups excluding carboxylic acids is 1. The van der Waals surface area contributed by atoms with Crippen LogP contribution >= 0.6 is 27.5 Å². The minimum absolute atomic E-state index is 0.0784. The molecule has 5 nitrogen and oxygen atoms in total. The second-order valence-corrected chi connectivity index (χ2v) is 5.53. The van der Waals surface area contributed by atoms with E-state index in [2.05, 4.69) is 36.5 Å². The highest BCUT2D eigenvalue weighted by Crippen LogP contribution is 2.20. The molecule has 0 fully saturated rings. The van der Waals surface area contributed by atoms with Gasteiger partial charge in [0, 0.05) is 12.7 Å². The van der Waals surface area contributed by atoms with Gasteiger partial charge in [0.15, 0.2) is 0 Å². The topological polar surface area (TPSA) is 66.9 Å². The van der Waals surface area contributed by atoms with E-state index in [0.717, 1.165) is 0 Å². The number of amides is 1. The molecule has 1 rings (SSSR count). The smallest absolute Gasteiger partial charge is 0.242 e. The molecule has 0 saturated heterocycles. The summed E-state index contributed by atoms with van der Waals surface area (Å²) in [6, 6.07) is -0.397. The van der Waals surface area contributed by atoms with E-state index in [1.807, 2.05) is 13.8 Å². The lowest BCUT2D eigenvalue weighted by Gasteiger charge is -2.16. The Hall–Kier alpha value is -0.880. The average molecular weight is 336 g/mol. The Bertz CT molecular complexity index is 428. The molecule has 1 atom stereocenters. The number of aromatic nitrogens is 2. The zero-order valence-corrected chi connectivity index (χ0v) is 12.8. The highest BCUT2D eigenvalue weighted by molar-refractivity contribution is 9.10. The summed E-state index contributed by atoms with van der Waals surface area (Å²) >= 11 is 8.99. The van der Waals surface area contributed by atoms with E-state index >= 15 is 0 Å². The molecule has 1 aromatic rings. The first-order chi connectivity index (χ1) is 8.40. The van der Waals surface area contributed by atoms with Gasteiger partial charge in [-0.05, 0) is 40.4 Å². The lowest BCUT2D eigenvalue weighted by atomic mass is 10.2. The van der Waals surface area contributed by atoms with E-state index in [1.54, 1.807) is 6.92 Å². The van der Waals surface area contributed by atoms with Crippen molar-refractivity contribution in [2.75, 3.05) is 11.9 Å². The van der Waals surface area contributed by atoms with Gasteiger partial charge in [-0.1, -0.05) is 13.8 Å². The second-order valence-electron chi connectivity index (χ2n) is 4.34. The van der Waals surface area contributed by atoms with Crippen LogP contribution in [0.15, 0.2) is 10.7 Å². The molecule has 18 heavy (non-hydrogen) atoms. The normalized spacial score (nSPS) is 12.3. The molecule has 1 amide bonds. The number of anilines is 1. The maximum atomic E-state index is 11.8. The van der Waals surface area contributed by atoms with Gasteiger partial charge in [-0.15, -0.1) is 0 Å². The van der Waals surface area contributed by atoms with Crippen LogP contribution in [0.25, 0.3) is 0 Å². The Morgan fingerprint density at radius 1 is 1.50 bits per heavy atom. The highest BCUT2D eigenvalue weighted by Gasteiger charge is 2.15. The third-order valence-corrected chi connectivity index (χ3v) is 2.91. The molecular formula is C11H16BrClN4O. The molecule has 2 N–H and O–H groups in total. The minimum atomic E-state index is -0.397. The van der Waals surface area contributed by atoms with Gasteiger partial charge in [0.1, 0.15) is 11.9 Å². The van der Waals surface area contributed by atoms with E-state index in [1.165, 1.54) is 6.20 Å². The fourth-order valence-corrected chi connectivity index (χ4v) is 1.61. The van der Waals surface area contributed by atoms with Gasteiger partial charge in [0.05, 0.1) is 4.47 Å². The zero-order chi connectivity index (χ0) is 13.7. The van der Waals surface area contributed by atoms with Crippen molar-refractivity contribution < 1.29 is 4.79 Å². The molecule has 1 aromatic heterocycles. The van der Waals surface area contributed by atoms with E-state index < -0.39 is 6.04 Å². The summed E-state index contributed by atoms with van der Waals surface area (Å²) in [5, 5.41) is 5.96. The van der Waals surface area contributed by atoms with Crippen LogP contribution in [0, 0.1) is 5.92 Å². The molecule has 1 heterocycles. The van der Waals surface area contributed by atoms with Gasteiger partial charge < -0.3 is 10.6 Å². The maximum Gasteiger partial charge on any atom is 0.242 e. The van der Waals surface area contributed by atoms with Crippen LogP contribution in [-0.4, -0.2) is 28.5 Å². The molecule has 0 aliphatic rings. The number of nitrogens with one attached hydrogen (secondary N) is 2. The third-order valence-electron chi connectivity index (χ3n) is 2.15. The van der Waals surface area contributed by atoms with Crippen molar-refractivity contribution in [3.05, 3.63) is 16.0 Å². The summed E-state index contributed by atoms with van der Waals surface area (Å²) in [6.07, 6.45) is 1.54. The van der Waals surface area contributed by atoms with Crippen LogP contribution < -0.4 is 10.6 Å². The Morgan fingerprint density at radius 3 is 2.78 bits per heavy atom. The van der Waals surface area contributed by atoms with Crippen molar-refractivity contribution in [2.24, 2.45) is 5.92 Å². The van der Waals surface area contributed by atoms with E-state index in [0.29, 0.717) is 22.8 Å². The first kappa shape index (κ1) is 15.2. The fraction of sp³-hybridized carbons (Fsp3) is 0.545. The number of halogens is 2. The second kappa shape index (κ2) is 6.89. The molecule has 0 aromatic carbocycles. The minimum Gasteiger partial charge on any atom is -0.358 e. The molecule has 0 aliphatic heterocycles. The Morgan fingerprint density at radius 2 is 2.17 bits per heavy atom. The molecular weight excluding hydrogens is 320 g/mol. The highest BCUT2D eigenvalue weighted by atomic mass is 79.9. The lowest BCUT2D eigenvalue weighted by molar-refractivity contribution is -0.121. The van der Waals surface area contributed by atoms with Crippen molar-refractivity contribution in [3.8, 4) is 0 Å². The van der Waals surface area contributed by atoms with Crippen molar-refractivity contribution in [3.63, 3.8) is 0 Å².